The van der Waals surface area contributed by atoms with Gasteiger partial charge in [-0.15, -0.1) is 0 Å². The van der Waals surface area contributed by atoms with Gasteiger partial charge in [0.15, 0.2) is 0 Å². The van der Waals surface area contributed by atoms with E-state index in [9.17, 15) is 14.4 Å². The molecule has 0 aromatic heterocycles. The highest BCUT2D eigenvalue weighted by molar-refractivity contribution is 5.73. The van der Waals surface area contributed by atoms with Crippen LogP contribution in [0.1, 0.15) is 51.7 Å². The monoisotopic (exact) mass is 594 g/mol. The summed E-state index contributed by atoms with van der Waals surface area (Å²) in [5, 5.41) is 0. The molecule has 0 unspecified atom stereocenters. The minimum atomic E-state index is -0.833. The van der Waals surface area contributed by atoms with Crippen LogP contribution in [-0.2, 0) is 29.9 Å². The van der Waals surface area contributed by atoms with Crippen LogP contribution in [0.4, 0.5) is 4.79 Å². The van der Waals surface area contributed by atoms with E-state index in [1.807, 2.05) is 100 Å². The Bertz CT molecular complexity index is 1460. The summed E-state index contributed by atoms with van der Waals surface area (Å²) in [6.07, 6.45) is -0.245. The lowest BCUT2D eigenvalue weighted by atomic mass is 9.81. The first-order chi connectivity index (χ1) is 20.9. The SMILES string of the molecule is COC(=O)CC(C)(C)c1ccc(-c2ccc(OC(=O)Oc3ccc(-c4ccc(C(C)(C)CC(=O)OC)cc4)cc3)cc2)cc1. The summed E-state index contributed by atoms with van der Waals surface area (Å²) in [6, 6.07) is 30.4. The second-order valence-electron chi connectivity index (χ2n) is 11.9. The van der Waals surface area contributed by atoms with E-state index in [-0.39, 0.29) is 22.8 Å². The summed E-state index contributed by atoms with van der Waals surface area (Å²) in [7, 11) is 2.79. The molecule has 0 amide bonds. The normalized spacial score (nSPS) is 11.4. The molecule has 0 N–H and O–H groups in total. The molecule has 7 heteroatoms. The van der Waals surface area contributed by atoms with Crippen molar-refractivity contribution >= 4 is 18.1 Å². The fourth-order valence-electron chi connectivity index (χ4n) is 4.94. The van der Waals surface area contributed by atoms with Crippen molar-refractivity contribution < 1.29 is 33.3 Å². The second kappa shape index (κ2) is 13.6. The smallest absolute Gasteiger partial charge is 0.469 e. The van der Waals surface area contributed by atoms with Crippen molar-refractivity contribution in [3.05, 3.63) is 108 Å². The van der Waals surface area contributed by atoms with Crippen molar-refractivity contribution in [2.75, 3.05) is 14.2 Å². The van der Waals surface area contributed by atoms with Crippen LogP contribution in [0, 0.1) is 0 Å². The molecule has 0 spiro atoms. The largest absolute Gasteiger partial charge is 0.519 e. The zero-order valence-corrected chi connectivity index (χ0v) is 26.0. The molecule has 0 radical (unpaired) electrons. The van der Waals surface area contributed by atoms with E-state index in [2.05, 4.69) is 0 Å². The number of rotatable bonds is 10. The maximum absolute atomic E-state index is 12.4. The van der Waals surface area contributed by atoms with Crippen molar-refractivity contribution in [3.8, 4) is 33.8 Å². The first-order valence-corrected chi connectivity index (χ1v) is 14.4. The van der Waals surface area contributed by atoms with Gasteiger partial charge in [0.25, 0.3) is 0 Å². The standard InChI is InChI=1S/C37H38O7/c1-36(2,23-33(38)41-5)29-15-7-25(8-16-29)27-11-19-31(20-12-27)43-35(40)44-32-21-13-28(14-22-32)26-9-17-30(18-10-26)37(3,4)24-34(39)42-6/h7-22H,23-24H2,1-6H3. The molecule has 0 bridgehead atoms. The van der Waals surface area contributed by atoms with E-state index in [1.54, 1.807) is 24.3 Å². The first-order valence-electron chi connectivity index (χ1n) is 14.4. The van der Waals surface area contributed by atoms with Crippen molar-refractivity contribution in [1.82, 2.24) is 0 Å². The molecule has 0 saturated heterocycles. The van der Waals surface area contributed by atoms with Gasteiger partial charge in [-0.1, -0.05) is 100 Å². The molecule has 4 aromatic rings. The summed E-state index contributed by atoms with van der Waals surface area (Å²) in [6.45, 7) is 8.04. The predicted molar refractivity (Wildman–Crippen MR) is 170 cm³/mol. The van der Waals surface area contributed by atoms with Crippen LogP contribution < -0.4 is 9.47 Å². The van der Waals surface area contributed by atoms with Gasteiger partial charge in [-0.05, 0) is 57.6 Å². The van der Waals surface area contributed by atoms with Gasteiger partial charge in [0, 0.05) is 10.8 Å². The fraction of sp³-hybridized carbons (Fsp3) is 0.270. The highest BCUT2D eigenvalue weighted by Crippen LogP contribution is 2.32. The zero-order valence-electron chi connectivity index (χ0n) is 26.0. The Balaban J connectivity index is 1.33. The van der Waals surface area contributed by atoms with E-state index in [0.717, 1.165) is 33.4 Å². The summed E-state index contributed by atoms with van der Waals surface area (Å²) in [4.78, 5) is 35.9. The third-order valence-corrected chi connectivity index (χ3v) is 7.74. The average Bonchev–Trinajstić information content (AvgIpc) is 3.01. The number of carbonyl (C=O) groups excluding carboxylic acids is 3. The lowest BCUT2D eigenvalue weighted by Gasteiger charge is -2.24. The molecule has 0 fully saturated rings. The zero-order chi connectivity index (χ0) is 31.9. The van der Waals surface area contributed by atoms with Gasteiger partial charge in [0.1, 0.15) is 11.5 Å². The van der Waals surface area contributed by atoms with Gasteiger partial charge in [0.05, 0.1) is 27.1 Å². The van der Waals surface area contributed by atoms with Gasteiger partial charge in [-0.3, -0.25) is 9.59 Å². The Hall–Kier alpha value is -4.91. The predicted octanol–water partition coefficient (Wildman–Crippen LogP) is 8.28. The molecule has 44 heavy (non-hydrogen) atoms. The Morgan fingerprint density at radius 2 is 0.750 bits per heavy atom. The highest BCUT2D eigenvalue weighted by Gasteiger charge is 2.26. The molecule has 7 nitrogen and oxygen atoms in total. The van der Waals surface area contributed by atoms with Gasteiger partial charge in [-0.25, -0.2) is 4.79 Å². The Kier molecular flexibility index (Phi) is 9.89. The van der Waals surface area contributed by atoms with E-state index in [1.165, 1.54) is 14.2 Å². The second-order valence-corrected chi connectivity index (χ2v) is 11.9. The van der Waals surface area contributed by atoms with E-state index < -0.39 is 6.16 Å². The number of hydrogen-bond donors (Lipinski definition) is 0. The van der Waals surface area contributed by atoms with Gasteiger partial charge in [0.2, 0.25) is 0 Å². The molecule has 0 heterocycles. The maximum atomic E-state index is 12.4. The minimum absolute atomic E-state index is 0.244. The number of methoxy groups -OCH3 is 2. The highest BCUT2D eigenvalue weighted by atomic mass is 16.7. The van der Waals surface area contributed by atoms with Gasteiger partial charge < -0.3 is 18.9 Å². The third kappa shape index (κ3) is 8.13. The molecular weight excluding hydrogens is 556 g/mol. The summed E-state index contributed by atoms with van der Waals surface area (Å²) in [5.74, 6) is 0.236. The Morgan fingerprint density at radius 1 is 0.477 bits per heavy atom. The van der Waals surface area contributed by atoms with Crippen LogP contribution in [0.25, 0.3) is 22.3 Å². The summed E-state index contributed by atoms with van der Waals surface area (Å²) < 4.78 is 20.4. The van der Waals surface area contributed by atoms with Crippen LogP contribution in [-0.4, -0.2) is 32.3 Å². The van der Waals surface area contributed by atoms with Crippen molar-refractivity contribution in [1.29, 1.82) is 0 Å². The van der Waals surface area contributed by atoms with E-state index >= 15 is 0 Å². The topological polar surface area (TPSA) is 88.1 Å². The average molecular weight is 595 g/mol. The van der Waals surface area contributed by atoms with Crippen LogP contribution >= 0.6 is 0 Å². The van der Waals surface area contributed by atoms with Gasteiger partial charge >= 0.3 is 18.1 Å². The number of esters is 2. The number of hydrogen-bond acceptors (Lipinski definition) is 7. The Morgan fingerprint density at radius 3 is 1.02 bits per heavy atom. The molecule has 0 aliphatic carbocycles. The molecular formula is C37H38O7. The maximum Gasteiger partial charge on any atom is 0.519 e. The minimum Gasteiger partial charge on any atom is -0.469 e. The quantitative estimate of drug-likeness (QED) is 0.135. The number of carbonyl (C=O) groups is 3. The first kappa shape index (κ1) is 32.0. The van der Waals surface area contributed by atoms with Crippen molar-refractivity contribution in [3.63, 3.8) is 0 Å². The van der Waals surface area contributed by atoms with Crippen LogP contribution in [0.15, 0.2) is 97.1 Å². The molecule has 0 aliphatic rings. The number of ether oxygens (including phenoxy) is 4. The van der Waals surface area contributed by atoms with Crippen LogP contribution in [0.5, 0.6) is 11.5 Å². The summed E-state index contributed by atoms with van der Waals surface area (Å²) in [5.41, 5.74) is 5.29. The van der Waals surface area contributed by atoms with Crippen molar-refractivity contribution in [2.45, 2.75) is 51.4 Å². The van der Waals surface area contributed by atoms with Crippen LogP contribution in [0.3, 0.4) is 0 Å². The molecule has 0 saturated carbocycles. The molecule has 228 valence electrons. The summed E-state index contributed by atoms with van der Waals surface area (Å²) >= 11 is 0. The Labute approximate surface area is 258 Å². The molecule has 0 atom stereocenters. The van der Waals surface area contributed by atoms with E-state index in [4.69, 9.17) is 18.9 Å². The number of benzene rings is 4. The third-order valence-electron chi connectivity index (χ3n) is 7.74. The van der Waals surface area contributed by atoms with Crippen molar-refractivity contribution in [2.24, 2.45) is 0 Å². The molecule has 0 aliphatic heterocycles. The molecule has 4 aromatic carbocycles. The van der Waals surface area contributed by atoms with E-state index in [0.29, 0.717) is 24.3 Å². The lowest BCUT2D eigenvalue weighted by Crippen LogP contribution is -2.22. The van der Waals surface area contributed by atoms with Gasteiger partial charge in [-0.2, -0.15) is 0 Å². The fourth-order valence-corrected chi connectivity index (χ4v) is 4.94. The molecule has 4 rings (SSSR count). The van der Waals surface area contributed by atoms with Crippen LogP contribution in [0.2, 0.25) is 0 Å². The lowest BCUT2D eigenvalue weighted by molar-refractivity contribution is -0.142.